The molecule has 0 saturated carbocycles. The molecule has 1 amide bonds. The Balaban J connectivity index is 2.57. The number of hydrogen-bond donors (Lipinski definition) is 0. The van der Waals surface area contributed by atoms with Gasteiger partial charge in [-0.1, -0.05) is 18.2 Å². The van der Waals surface area contributed by atoms with Gasteiger partial charge >= 0.3 is 0 Å². The van der Waals surface area contributed by atoms with Crippen LogP contribution in [0.25, 0.3) is 0 Å². The van der Waals surface area contributed by atoms with Crippen LogP contribution in [-0.2, 0) is 4.79 Å². The van der Waals surface area contributed by atoms with Crippen molar-refractivity contribution in [3.63, 3.8) is 0 Å². The Morgan fingerprint density at radius 2 is 2.00 bits per heavy atom. The number of hydroxylamine groups is 2. The SMILES string of the molecule is CN(C=O)Oc1ccccc1. The van der Waals surface area contributed by atoms with Gasteiger partial charge in [0.25, 0.3) is 0 Å². The van der Waals surface area contributed by atoms with E-state index in [2.05, 4.69) is 0 Å². The smallest absolute Gasteiger partial charge is 0.242 e. The molecule has 11 heavy (non-hydrogen) atoms. The molecule has 0 aromatic heterocycles. The van der Waals surface area contributed by atoms with E-state index < -0.39 is 0 Å². The molecule has 1 aromatic rings. The maximum atomic E-state index is 10.1. The minimum Gasteiger partial charge on any atom is -0.377 e. The molecule has 0 atom stereocenters. The number of carbonyl (C=O) groups is 1. The summed E-state index contributed by atoms with van der Waals surface area (Å²) >= 11 is 0. The first kappa shape index (κ1) is 7.60. The van der Waals surface area contributed by atoms with Gasteiger partial charge < -0.3 is 4.84 Å². The summed E-state index contributed by atoms with van der Waals surface area (Å²) in [5, 5.41) is 1.11. The van der Waals surface area contributed by atoms with Crippen LogP contribution < -0.4 is 4.84 Å². The Labute approximate surface area is 65.2 Å². The fourth-order valence-corrected chi connectivity index (χ4v) is 0.669. The molecule has 3 nitrogen and oxygen atoms in total. The topological polar surface area (TPSA) is 29.5 Å². The molecule has 0 aliphatic rings. The third-order valence-corrected chi connectivity index (χ3v) is 1.14. The predicted molar refractivity (Wildman–Crippen MR) is 40.9 cm³/mol. The quantitative estimate of drug-likeness (QED) is 0.477. The zero-order valence-electron chi connectivity index (χ0n) is 6.23. The lowest BCUT2D eigenvalue weighted by atomic mass is 10.3. The summed E-state index contributed by atoms with van der Waals surface area (Å²) in [5.41, 5.74) is 0. The van der Waals surface area contributed by atoms with E-state index in [0.29, 0.717) is 12.2 Å². The van der Waals surface area contributed by atoms with Crippen molar-refractivity contribution in [2.45, 2.75) is 0 Å². The summed E-state index contributed by atoms with van der Waals surface area (Å²) in [5.74, 6) is 0.655. The number of amides is 1. The van der Waals surface area contributed by atoms with Gasteiger partial charge in [-0.15, -0.1) is 0 Å². The fraction of sp³-hybridized carbons (Fsp3) is 0.125. The molecule has 0 aliphatic heterocycles. The lowest BCUT2D eigenvalue weighted by Gasteiger charge is -2.10. The zero-order chi connectivity index (χ0) is 8.10. The minimum atomic E-state index is 0.604. The van der Waals surface area contributed by atoms with Crippen molar-refractivity contribution in [2.75, 3.05) is 7.05 Å². The van der Waals surface area contributed by atoms with Crippen LogP contribution in [0.2, 0.25) is 0 Å². The highest BCUT2D eigenvalue weighted by atomic mass is 16.7. The van der Waals surface area contributed by atoms with Gasteiger partial charge in [-0.25, -0.2) is 0 Å². The van der Waals surface area contributed by atoms with Gasteiger partial charge in [0.2, 0.25) is 6.41 Å². The van der Waals surface area contributed by atoms with E-state index in [4.69, 9.17) is 4.84 Å². The summed E-state index contributed by atoms with van der Waals surface area (Å²) in [6.07, 6.45) is 0.604. The number of carbonyl (C=O) groups excluding carboxylic acids is 1. The van der Waals surface area contributed by atoms with Crippen LogP contribution in [0.4, 0.5) is 0 Å². The van der Waals surface area contributed by atoms with E-state index in [1.165, 1.54) is 0 Å². The molecule has 3 heteroatoms. The first-order valence-corrected chi connectivity index (χ1v) is 3.24. The van der Waals surface area contributed by atoms with Gasteiger partial charge in [-0.3, -0.25) is 4.79 Å². The summed E-state index contributed by atoms with van der Waals surface area (Å²) in [6, 6.07) is 9.12. The molecule has 0 radical (unpaired) electrons. The molecule has 0 unspecified atom stereocenters. The minimum absolute atomic E-state index is 0.604. The number of hydrogen-bond acceptors (Lipinski definition) is 2. The molecule has 0 saturated heterocycles. The molecule has 0 bridgehead atoms. The van der Waals surface area contributed by atoms with E-state index >= 15 is 0 Å². The van der Waals surface area contributed by atoms with Crippen molar-refractivity contribution >= 4 is 6.41 Å². The largest absolute Gasteiger partial charge is 0.377 e. The van der Waals surface area contributed by atoms with Crippen molar-refractivity contribution < 1.29 is 9.63 Å². The highest BCUT2D eigenvalue weighted by Gasteiger charge is 1.93. The summed E-state index contributed by atoms with van der Waals surface area (Å²) in [6.45, 7) is 0. The lowest BCUT2D eigenvalue weighted by Crippen LogP contribution is -2.19. The number of para-hydroxylation sites is 1. The van der Waals surface area contributed by atoms with Crippen molar-refractivity contribution in [1.82, 2.24) is 5.06 Å². The Bertz CT molecular complexity index is 223. The van der Waals surface area contributed by atoms with Crippen molar-refractivity contribution in [1.29, 1.82) is 0 Å². The van der Waals surface area contributed by atoms with Crippen LogP contribution in [0.1, 0.15) is 0 Å². The normalized spacial score (nSPS) is 8.82. The molecule has 58 valence electrons. The Hall–Kier alpha value is -1.51. The molecule has 0 N–H and O–H groups in total. The van der Waals surface area contributed by atoms with Crippen LogP contribution >= 0.6 is 0 Å². The average molecular weight is 151 g/mol. The summed E-state index contributed by atoms with van der Waals surface area (Å²) in [7, 11) is 1.54. The molecule has 0 spiro atoms. The highest BCUT2D eigenvalue weighted by Crippen LogP contribution is 2.08. The standard InChI is InChI=1S/C8H9NO2/c1-9(7-10)11-8-5-3-2-4-6-8/h2-7H,1H3. The summed E-state index contributed by atoms with van der Waals surface area (Å²) < 4.78 is 0. The number of rotatable bonds is 3. The second-order valence-electron chi connectivity index (χ2n) is 2.06. The second-order valence-corrected chi connectivity index (χ2v) is 2.06. The fourth-order valence-electron chi connectivity index (χ4n) is 0.669. The maximum absolute atomic E-state index is 10.1. The maximum Gasteiger partial charge on any atom is 0.242 e. The molecule has 0 heterocycles. The van der Waals surface area contributed by atoms with Crippen LogP contribution in [0.15, 0.2) is 30.3 Å². The van der Waals surface area contributed by atoms with Gasteiger partial charge in [-0.2, -0.15) is 5.06 Å². The molecular formula is C8H9NO2. The third kappa shape index (κ3) is 2.29. The van der Waals surface area contributed by atoms with Gasteiger partial charge in [0, 0.05) is 7.05 Å². The van der Waals surface area contributed by atoms with Crippen molar-refractivity contribution in [3.8, 4) is 5.75 Å². The molecule has 1 rings (SSSR count). The predicted octanol–water partition coefficient (Wildman–Crippen LogP) is 1.07. The summed E-state index contributed by atoms with van der Waals surface area (Å²) in [4.78, 5) is 15.1. The van der Waals surface area contributed by atoms with E-state index in [0.717, 1.165) is 5.06 Å². The Morgan fingerprint density at radius 3 is 2.55 bits per heavy atom. The highest BCUT2D eigenvalue weighted by molar-refractivity contribution is 5.45. The van der Waals surface area contributed by atoms with Crippen LogP contribution in [-0.4, -0.2) is 18.5 Å². The van der Waals surface area contributed by atoms with E-state index in [9.17, 15) is 4.79 Å². The zero-order valence-corrected chi connectivity index (χ0v) is 6.23. The first-order valence-electron chi connectivity index (χ1n) is 3.24. The molecule has 0 aliphatic carbocycles. The average Bonchev–Trinajstić information content (AvgIpc) is 2.06. The third-order valence-electron chi connectivity index (χ3n) is 1.14. The van der Waals surface area contributed by atoms with Gasteiger partial charge in [0.1, 0.15) is 0 Å². The van der Waals surface area contributed by atoms with Gasteiger partial charge in [0.05, 0.1) is 0 Å². The van der Waals surface area contributed by atoms with E-state index in [1.54, 1.807) is 19.2 Å². The number of benzene rings is 1. The van der Waals surface area contributed by atoms with Crippen LogP contribution in [0, 0.1) is 0 Å². The second kappa shape index (κ2) is 3.61. The lowest BCUT2D eigenvalue weighted by molar-refractivity contribution is -0.137. The van der Waals surface area contributed by atoms with Crippen LogP contribution in [0.5, 0.6) is 5.75 Å². The Kier molecular flexibility index (Phi) is 2.49. The monoisotopic (exact) mass is 151 g/mol. The van der Waals surface area contributed by atoms with E-state index in [1.807, 2.05) is 18.2 Å². The van der Waals surface area contributed by atoms with Crippen LogP contribution in [0.3, 0.4) is 0 Å². The number of nitrogens with zero attached hydrogens (tertiary/aromatic N) is 1. The van der Waals surface area contributed by atoms with Gasteiger partial charge in [0.15, 0.2) is 5.75 Å². The van der Waals surface area contributed by atoms with Gasteiger partial charge in [-0.05, 0) is 12.1 Å². The molecule has 0 fully saturated rings. The van der Waals surface area contributed by atoms with E-state index in [-0.39, 0.29) is 0 Å². The first-order chi connectivity index (χ1) is 5.33. The molecule has 1 aromatic carbocycles. The van der Waals surface area contributed by atoms with Crippen molar-refractivity contribution in [3.05, 3.63) is 30.3 Å². The van der Waals surface area contributed by atoms with Crippen molar-refractivity contribution in [2.24, 2.45) is 0 Å². The molecular weight excluding hydrogens is 142 g/mol. The Morgan fingerprint density at radius 1 is 1.36 bits per heavy atom.